The van der Waals surface area contributed by atoms with Crippen molar-refractivity contribution in [2.75, 3.05) is 19.6 Å². The van der Waals surface area contributed by atoms with E-state index in [9.17, 15) is 9.59 Å². The summed E-state index contributed by atoms with van der Waals surface area (Å²) in [5.41, 5.74) is 0.837. The molecule has 2 amide bonds. The molecule has 0 aromatic heterocycles. The standard InChI is InChI=1S/C22H31N3O2/c1-3-15-24(16-4-2)19(26)17-25-21(27)20(18-11-7-5-8-12-18)23-22(25)13-9-6-10-14-22/h5,7-8,11-12H,3-4,6,9-10,13-17H2,1-2H3. The number of nitrogens with zero attached hydrogens (tertiary/aromatic N) is 3. The summed E-state index contributed by atoms with van der Waals surface area (Å²) in [6.45, 7) is 5.78. The average Bonchev–Trinajstić information content (AvgIpc) is 2.95. The van der Waals surface area contributed by atoms with Gasteiger partial charge in [-0.25, -0.2) is 0 Å². The molecule has 0 N–H and O–H groups in total. The average molecular weight is 370 g/mol. The highest BCUT2D eigenvalue weighted by Gasteiger charge is 2.48. The highest BCUT2D eigenvalue weighted by molar-refractivity contribution is 6.47. The van der Waals surface area contributed by atoms with Crippen molar-refractivity contribution in [2.45, 2.75) is 64.5 Å². The molecule has 1 fully saturated rings. The van der Waals surface area contributed by atoms with E-state index in [0.29, 0.717) is 5.71 Å². The Morgan fingerprint density at radius 1 is 1.07 bits per heavy atom. The zero-order chi connectivity index (χ0) is 19.3. The van der Waals surface area contributed by atoms with Crippen molar-refractivity contribution in [3.8, 4) is 0 Å². The Kier molecular flexibility index (Phi) is 6.30. The summed E-state index contributed by atoms with van der Waals surface area (Å²) in [5, 5.41) is 0. The normalized spacial score (nSPS) is 18.7. The SMILES string of the molecule is CCCN(CCC)C(=O)CN1C(=O)C(c2ccccc2)=NC12CCCCC2. The first kappa shape index (κ1) is 19.6. The van der Waals surface area contributed by atoms with Crippen LogP contribution in [0.3, 0.4) is 0 Å². The van der Waals surface area contributed by atoms with Crippen LogP contribution in [0.1, 0.15) is 64.4 Å². The third kappa shape index (κ3) is 4.07. The second-order valence-electron chi connectivity index (χ2n) is 7.64. The van der Waals surface area contributed by atoms with Gasteiger partial charge in [-0.1, -0.05) is 50.6 Å². The smallest absolute Gasteiger partial charge is 0.275 e. The van der Waals surface area contributed by atoms with Crippen molar-refractivity contribution in [3.05, 3.63) is 35.9 Å². The van der Waals surface area contributed by atoms with Gasteiger partial charge in [-0.15, -0.1) is 0 Å². The zero-order valence-electron chi connectivity index (χ0n) is 16.6. The van der Waals surface area contributed by atoms with Crippen molar-refractivity contribution in [1.29, 1.82) is 0 Å². The van der Waals surface area contributed by atoms with Crippen LogP contribution < -0.4 is 0 Å². The van der Waals surface area contributed by atoms with Gasteiger partial charge in [0.05, 0.1) is 0 Å². The Morgan fingerprint density at radius 2 is 1.70 bits per heavy atom. The minimum Gasteiger partial charge on any atom is -0.341 e. The molecule has 27 heavy (non-hydrogen) atoms. The van der Waals surface area contributed by atoms with E-state index in [4.69, 9.17) is 4.99 Å². The molecule has 1 aromatic rings. The van der Waals surface area contributed by atoms with Crippen molar-refractivity contribution in [1.82, 2.24) is 9.80 Å². The second-order valence-corrected chi connectivity index (χ2v) is 7.64. The molecular weight excluding hydrogens is 338 g/mol. The maximum Gasteiger partial charge on any atom is 0.275 e. The number of aliphatic imine (C=N–C) groups is 1. The molecule has 1 aliphatic carbocycles. The van der Waals surface area contributed by atoms with Gasteiger partial charge in [0.1, 0.15) is 17.9 Å². The van der Waals surface area contributed by atoms with E-state index in [1.165, 1.54) is 6.42 Å². The Bertz CT molecular complexity index is 687. The predicted molar refractivity (Wildman–Crippen MR) is 108 cm³/mol. The molecule has 1 aliphatic heterocycles. The molecule has 5 heteroatoms. The topological polar surface area (TPSA) is 53.0 Å². The van der Waals surface area contributed by atoms with Crippen molar-refractivity contribution in [2.24, 2.45) is 4.99 Å². The highest BCUT2D eigenvalue weighted by atomic mass is 16.2. The lowest BCUT2D eigenvalue weighted by atomic mass is 9.88. The van der Waals surface area contributed by atoms with Gasteiger partial charge in [0.2, 0.25) is 5.91 Å². The number of amides is 2. The minimum absolute atomic E-state index is 0.0431. The highest BCUT2D eigenvalue weighted by Crippen LogP contribution is 2.39. The monoisotopic (exact) mass is 369 g/mol. The van der Waals surface area contributed by atoms with Crippen LogP contribution in [0, 0.1) is 0 Å². The van der Waals surface area contributed by atoms with Crippen LogP contribution in [0.15, 0.2) is 35.3 Å². The Hall–Kier alpha value is -2.17. The van der Waals surface area contributed by atoms with E-state index < -0.39 is 5.66 Å². The number of carbonyl (C=O) groups is 2. The van der Waals surface area contributed by atoms with Gasteiger partial charge in [-0.05, 0) is 38.5 Å². The van der Waals surface area contributed by atoms with Crippen LogP contribution in [0.2, 0.25) is 0 Å². The fourth-order valence-electron chi connectivity index (χ4n) is 4.27. The van der Waals surface area contributed by atoms with E-state index >= 15 is 0 Å². The number of rotatable bonds is 7. The Morgan fingerprint density at radius 3 is 2.30 bits per heavy atom. The fraction of sp³-hybridized carbons (Fsp3) is 0.591. The van der Waals surface area contributed by atoms with Crippen molar-refractivity contribution in [3.63, 3.8) is 0 Å². The summed E-state index contributed by atoms with van der Waals surface area (Å²) in [7, 11) is 0. The summed E-state index contributed by atoms with van der Waals surface area (Å²) < 4.78 is 0. The van der Waals surface area contributed by atoms with Gasteiger partial charge in [0.25, 0.3) is 5.91 Å². The second kappa shape index (κ2) is 8.68. The number of hydrogen-bond donors (Lipinski definition) is 0. The zero-order valence-corrected chi connectivity index (χ0v) is 16.6. The van der Waals surface area contributed by atoms with E-state index in [2.05, 4.69) is 13.8 Å². The van der Waals surface area contributed by atoms with Gasteiger partial charge in [-0.3, -0.25) is 14.6 Å². The fourth-order valence-corrected chi connectivity index (χ4v) is 4.27. The minimum atomic E-state index is -0.528. The van der Waals surface area contributed by atoms with Gasteiger partial charge < -0.3 is 9.80 Å². The lowest BCUT2D eigenvalue weighted by Crippen LogP contribution is -2.52. The number of hydrogen-bond acceptors (Lipinski definition) is 3. The molecule has 1 aromatic carbocycles. The van der Waals surface area contributed by atoms with Crippen LogP contribution in [0.5, 0.6) is 0 Å². The first-order chi connectivity index (χ1) is 13.1. The molecule has 0 radical (unpaired) electrons. The number of carbonyl (C=O) groups excluding carboxylic acids is 2. The van der Waals surface area contributed by atoms with E-state index in [0.717, 1.165) is 57.2 Å². The lowest BCUT2D eigenvalue weighted by Gasteiger charge is -2.39. The predicted octanol–water partition coefficient (Wildman–Crippen LogP) is 3.63. The van der Waals surface area contributed by atoms with Gasteiger partial charge in [-0.2, -0.15) is 0 Å². The van der Waals surface area contributed by atoms with Crippen LogP contribution in [-0.4, -0.2) is 52.6 Å². The third-order valence-corrected chi connectivity index (χ3v) is 5.60. The Labute approximate surface area is 162 Å². The quantitative estimate of drug-likeness (QED) is 0.737. The van der Waals surface area contributed by atoms with Gasteiger partial charge in [0, 0.05) is 18.7 Å². The molecule has 0 unspecified atom stereocenters. The molecule has 0 bridgehead atoms. The van der Waals surface area contributed by atoms with E-state index in [1.807, 2.05) is 35.2 Å². The first-order valence-corrected chi connectivity index (χ1v) is 10.4. The largest absolute Gasteiger partial charge is 0.341 e. The molecule has 5 nitrogen and oxygen atoms in total. The summed E-state index contributed by atoms with van der Waals surface area (Å²) in [6, 6.07) is 9.65. The molecule has 2 aliphatic rings. The van der Waals surface area contributed by atoms with Gasteiger partial charge in [0.15, 0.2) is 0 Å². The summed E-state index contributed by atoms with van der Waals surface area (Å²) >= 11 is 0. The van der Waals surface area contributed by atoms with E-state index in [1.54, 1.807) is 4.90 Å². The van der Waals surface area contributed by atoms with Crippen LogP contribution >= 0.6 is 0 Å². The molecule has 1 spiro atoms. The summed E-state index contributed by atoms with van der Waals surface area (Å²) in [5.74, 6) is -0.0501. The van der Waals surface area contributed by atoms with Crippen LogP contribution in [0.25, 0.3) is 0 Å². The molecule has 1 heterocycles. The maximum absolute atomic E-state index is 13.3. The summed E-state index contributed by atoms with van der Waals surface area (Å²) in [4.78, 5) is 34.9. The molecule has 3 rings (SSSR count). The van der Waals surface area contributed by atoms with Crippen molar-refractivity contribution < 1.29 is 9.59 Å². The van der Waals surface area contributed by atoms with Gasteiger partial charge >= 0.3 is 0 Å². The third-order valence-electron chi connectivity index (χ3n) is 5.60. The lowest BCUT2D eigenvalue weighted by molar-refractivity contribution is -0.141. The number of benzene rings is 1. The molecule has 0 saturated heterocycles. The maximum atomic E-state index is 13.3. The molecular formula is C22H31N3O2. The van der Waals surface area contributed by atoms with Crippen LogP contribution in [-0.2, 0) is 9.59 Å². The Balaban J connectivity index is 1.87. The summed E-state index contributed by atoms with van der Waals surface area (Å²) in [6.07, 6.45) is 6.83. The van der Waals surface area contributed by atoms with Crippen molar-refractivity contribution >= 4 is 17.5 Å². The molecule has 146 valence electrons. The van der Waals surface area contributed by atoms with E-state index in [-0.39, 0.29) is 18.4 Å². The molecule has 0 atom stereocenters. The van der Waals surface area contributed by atoms with Crippen LogP contribution in [0.4, 0.5) is 0 Å². The first-order valence-electron chi connectivity index (χ1n) is 10.4. The molecule has 1 saturated carbocycles.